The van der Waals surface area contributed by atoms with E-state index in [4.69, 9.17) is 11.6 Å². The lowest BCUT2D eigenvalue weighted by Gasteiger charge is -2.28. The molecule has 0 unspecified atom stereocenters. The van der Waals surface area contributed by atoms with Crippen molar-refractivity contribution in [3.63, 3.8) is 0 Å². The maximum Gasteiger partial charge on any atom is 0.147 e. The van der Waals surface area contributed by atoms with Crippen LogP contribution in [0.25, 0.3) is 10.9 Å². The monoisotopic (exact) mass is 392 g/mol. The van der Waals surface area contributed by atoms with Crippen LogP contribution >= 0.6 is 11.6 Å². The van der Waals surface area contributed by atoms with Gasteiger partial charge < -0.3 is 4.90 Å². The molecule has 0 aliphatic carbocycles. The van der Waals surface area contributed by atoms with Crippen LogP contribution in [-0.4, -0.2) is 23.8 Å². The van der Waals surface area contributed by atoms with Gasteiger partial charge in [-0.15, -0.1) is 0 Å². The molecule has 1 N–H and O–H groups in total. The second-order valence-corrected chi connectivity index (χ2v) is 7.83. The molecule has 0 saturated carbocycles. The van der Waals surface area contributed by atoms with Crippen LogP contribution in [0.15, 0.2) is 53.6 Å². The number of hydrogen-bond acceptors (Lipinski definition) is 4. The molecule has 0 atom stereocenters. The number of fused-ring (bicyclic) bond motifs is 1. The van der Waals surface area contributed by atoms with Gasteiger partial charge in [-0.1, -0.05) is 23.7 Å². The minimum atomic E-state index is 0.722. The van der Waals surface area contributed by atoms with Gasteiger partial charge in [0.25, 0.3) is 0 Å². The lowest BCUT2D eigenvalue weighted by Crippen LogP contribution is -2.29. The highest BCUT2D eigenvalue weighted by atomic mass is 35.5. The second kappa shape index (κ2) is 8.19. The lowest BCUT2D eigenvalue weighted by molar-refractivity contribution is 0.578. The van der Waals surface area contributed by atoms with Crippen molar-refractivity contribution in [3.05, 3.63) is 64.7 Å². The number of anilines is 2. The number of rotatable bonds is 4. The summed E-state index contributed by atoms with van der Waals surface area (Å²) >= 11 is 6.09. The molecule has 28 heavy (non-hydrogen) atoms. The molecule has 2 aromatic carbocycles. The van der Waals surface area contributed by atoms with Crippen LogP contribution in [-0.2, 0) is 0 Å². The standard InChI is InChI=1S/C23H25ClN4/c1-16-14-23(25-22-11-8-19(24)15-21(16)22)27-26-17(2)18-6-9-20(10-7-18)28-12-4-3-5-13-28/h6-11,14-15H,3-5,12-13H2,1-2H3,(H,25,27)/b26-17+. The molecule has 5 heteroatoms. The predicted molar refractivity (Wildman–Crippen MR) is 120 cm³/mol. The van der Waals surface area contributed by atoms with Crippen molar-refractivity contribution in [2.75, 3.05) is 23.4 Å². The molecule has 144 valence electrons. The Hall–Kier alpha value is -2.59. The topological polar surface area (TPSA) is 40.5 Å². The van der Waals surface area contributed by atoms with E-state index in [-0.39, 0.29) is 0 Å². The zero-order chi connectivity index (χ0) is 19.5. The smallest absolute Gasteiger partial charge is 0.147 e. The Morgan fingerprint density at radius 1 is 1.04 bits per heavy atom. The zero-order valence-corrected chi connectivity index (χ0v) is 17.1. The second-order valence-electron chi connectivity index (χ2n) is 7.39. The van der Waals surface area contributed by atoms with Crippen LogP contribution in [0, 0.1) is 6.92 Å². The summed E-state index contributed by atoms with van der Waals surface area (Å²) in [6, 6.07) is 16.4. The van der Waals surface area contributed by atoms with Gasteiger partial charge in [0, 0.05) is 29.2 Å². The molecule has 1 aromatic heterocycles. The Labute approximate surface area is 171 Å². The average molecular weight is 393 g/mol. The van der Waals surface area contributed by atoms with Crippen LogP contribution in [0.5, 0.6) is 0 Å². The van der Waals surface area contributed by atoms with Crippen molar-refractivity contribution in [2.45, 2.75) is 33.1 Å². The first-order valence-corrected chi connectivity index (χ1v) is 10.2. The summed E-state index contributed by atoms with van der Waals surface area (Å²) < 4.78 is 0. The summed E-state index contributed by atoms with van der Waals surface area (Å²) in [7, 11) is 0. The first kappa shape index (κ1) is 18.8. The van der Waals surface area contributed by atoms with Gasteiger partial charge in [0.1, 0.15) is 5.82 Å². The molecule has 1 fully saturated rings. The van der Waals surface area contributed by atoms with E-state index in [9.17, 15) is 0 Å². The van der Waals surface area contributed by atoms with E-state index < -0.39 is 0 Å². The first-order chi connectivity index (χ1) is 13.6. The lowest BCUT2D eigenvalue weighted by atomic mass is 10.1. The Bertz CT molecular complexity index is 1010. The fraction of sp³-hybridized carbons (Fsp3) is 0.304. The number of nitrogens with zero attached hydrogens (tertiary/aromatic N) is 3. The summed E-state index contributed by atoms with van der Waals surface area (Å²) in [5.41, 5.74) is 8.47. The molecule has 2 heterocycles. The molecule has 3 aromatic rings. The van der Waals surface area contributed by atoms with Gasteiger partial charge in [-0.25, -0.2) is 4.98 Å². The number of pyridine rings is 1. The number of nitrogens with one attached hydrogen (secondary N) is 1. The number of aryl methyl sites for hydroxylation is 1. The van der Waals surface area contributed by atoms with Gasteiger partial charge in [-0.05, 0) is 80.6 Å². The fourth-order valence-corrected chi connectivity index (χ4v) is 3.87. The maximum atomic E-state index is 6.09. The molecular formula is C23H25ClN4. The van der Waals surface area contributed by atoms with Gasteiger partial charge in [0.2, 0.25) is 0 Å². The van der Waals surface area contributed by atoms with E-state index in [2.05, 4.69) is 51.6 Å². The third kappa shape index (κ3) is 4.12. The van der Waals surface area contributed by atoms with E-state index in [0.717, 1.165) is 51.7 Å². The Morgan fingerprint density at radius 2 is 1.79 bits per heavy atom. The number of aromatic nitrogens is 1. The SMILES string of the molecule is C/C(=N\Nc1cc(C)c2cc(Cl)ccc2n1)c1ccc(N2CCCCC2)cc1. The van der Waals surface area contributed by atoms with Crippen molar-refractivity contribution in [2.24, 2.45) is 5.10 Å². The average Bonchev–Trinajstić information content (AvgIpc) is 2.73. The first-order valence-electron chi connectivity index (χ1n) is 9.83. The molecule has 4 rings (SSSR count). The van der Waals surface area contributed by atoms with Crippen molar-refractivity contribution >= 4 is 39.7 Å². The quantitative estimate of drug-likeness (QED) is 0.435. The Morgan fingerprint density at radius 3 is 2.54 bits per heavy atom. The van der Waals surface area contributed by atoms with Gasteiger partial charge >= 0.3 is 0 Å². The predicted octanol–water partition coefficient (Wildman–Crippen LogP) is 6.02. The highest BCUT2D eigenvalue weighted by Gasteiger charge is 2.11. The van der Waals surface area contributed by atoms with Crippen molar-refractivity contribution in [1.82, 2.24) is 4.98 Å². The van der Waals surface area contributed by atoms with Crippen LogP contribution < -0.4 is 10.3 Å². The van der Waals surface area contributed by atoms with E-state index in [0.29, 0.717) is 0 Å². The highest BCUT2D eigenvalue weighted by Crippen LogP contribution is 2.24. The third-order valence-electron chi connectivity index (χ3n) is 5.32. The van der Waals surface area contributed by atoms with Crippen molar-refractivity contribution in [1.29, 1.82) is 0 Å². The molecule has 1 saturated heterocycles. The minimum absolute atomic E-state index is 0.722. The summed E-state index contributed by atoms with van der Waals surface area (Å²) in [5.74, 6) is 0.733. The minimum Gasteiger partial charge on any atom is -0.372 e. The van der Waals surface area contributed by atoms with Crippen molar-refractivity contribution in [3.8, 4) is 0 Å². The third-order valence-corrected chi connectivity index (χ3v) is 5.56. The van der Waals surface area contributed by atoms with Gasteiger partial charge in [-0.2, -0.15) is 5.10 Å². The maximum absolute atomic E-state index is 6.09. The number of hydrazone groups is 1. The highest BCUT2D eigenvalue weighted by molar-refractivity contribution is 6.31. The molecule has 1 aliphatic heterocycles. The van der Waals surface area contributed by atoms with Crippen LogP contribution in [0.4, 0.5) is 11.5 Å². The van der Waals surface area contributed by atoms with E-state index in [1.807, 2.05) is 31.2 Å². The largest absolute Gasteiger partial charge is 0.372 e. The van der Waals surface area contributed by atoms with Gasteiger partial charge in [0.15, 0.2) is 0 Å². The van der Waals surface area contributed by atoms with Crippen LogP contribution in [0.2, 0.25) is 5.02 Å². The summed E-state index contributed by atoms with van der Waals surface area (Å²) in [6.45, 7) is 6.39. The Balaban J connectivity index is 1.49. The summed E-state index contributed by atoms with van der Waals surface area (Å²) in [6.07, 6.45) is 3.93. The number of benzene rings is 2. The molecule has 0 spiro atoms. The Kier molecular flexibility index (Phi) is 5.49. The molecule has 0 radical (unpaired) electrons. The molecule has 0 bridgehead atoms. The number of hydrogen-bond donors (Lipinski definition) is 1. The fourth-order valence-electron chi connectivity index (χ4n) is 3.69. The normalized spacial score (nSPS) is 15.1. The molecule has 0 amide bonds. The van der Waals surface area contributed by atoms with Crippen LogP contribution in [0.3, 0.4) is 0 Å². The molecule has 1 aliphatic rings. The molecular weight excluding hydrogens is 368 g/mol. The summed E-state index contributed by atoms with van der Waals surface area (Å²) in [4.78, 5) is 7.10. The number of halogens is 1. The van der Waals surface area contributed by atoms with Gasteiger partial charge in [-0.3, -0.25) is 5.43 Å². The van der Waals surface area contributed by atoms with Crippen molar-refractivity contribution < 1.29 is 0 Å². The van der Waals surface area contributed by atoms with E-state index >= 15 is 0 Å². The molecule has 4 nitrogen and oxygen atoms in total. The summed E-state index contributed by atoms with van der Waals surface area (Å²) in [5, 5.41) is 6.32. The van der Waals surface area contributed by atoms with Gasteiger partial charge in [0.05, 0.1) is 11.2 Å². The number of piperidine rings is 1. The van der Waals surface area contributed by atoms with E-state index in [1.54, 1.807) is 0 Å². The zero-order valence-electron chi connectivity index (χ0n) is 16.4. The van der Waals surface area contributed by atoms with E-state index in [1.165, 1.54) is 24.9 Å². The van der Waals surface area contributed by atoms with Crippen LogP contribution in [0.1, 0.15) is 37.3 Å².